The zero-order valence-corrected chi connectivity index (χ0v) is 10.7. The molecule has 0 atom stereocenters. The highest BCUT2D eigenvalue weighted by Gasteiger charge is 2.22. The van der Waals surface area contributed by atoms with Gasteiger partial charge in [-0.05, 0) is 19.3 Å². The first-order valence-corrected chi connectivity index (χ1v) is 6.44. The summed E-state index contributed by atoms with van der Waals surface area (Å²) in [5.41, 5.74) is 5.74. The fraction of sp³-hybridized carbons (Fsp3) is 0.750. The molecule has 0 amide bonds. The van der Waals surface area contributed by atoms with Crippen LogP contribution >= 0.6 is 0 Å². The molecule has 1 aromatic rings. The summed E-state index contributed by atoms with van der Waals surface area (Å²) in [7, 11) is 2.06. The molecular weight excluding hydrogens is 214 g/mol. The third kappa shape index (κ3) is 2.84. The van der Waals surface area contributed by atoms with E-state index in [4.69, 9.17) is 5.73 Å². The molecule has 0 radical (unpaired) electrons. The Bertz CT molecular complexity index is 373. The van der Waals surface area contributed by atoms with Gasteiger partial charge in [-0.2, -0.15) is 15.0 Å². The fourth-order valence-corrected chi connectivity index (χ4v) is 2.37. The minimum Gasteiger partial charge on any atom is -0.368 e. The van der Waals surface area contributed by atoms with Crippen LogP contribution in [-0.4, -0.2) is 28.0 Å². The Morgan fingerprint density at radius 3 is 2.59 bits per heavy atom. The van der Waals surface area contributed by atoms with Gasteiger partial charge >= 0.3 is 0 Å². The van der Waals surface area contributed by atoms with Crippen molar-refractivity contribution in [2.45, 2.75) is 51.5 Å². The summed E-state index contributed by atoms with van der Waals surface area (Å²) >= 11 is 0. The largest absolute Gasteiger partial charge is 0.368 e. The Labute approximate surface area is 102 Å². The van der Waals surface area contributed by atoms with Crippen LogP contribution in [0.2, 0.25) is 0 Å². The molecule has 0 saturated heterocycles. The van der Waals surface area contributed by atoms with Gasteiger partial charge in [0.2, 0.25) is 11.9 Å². The topological polar surface area (TPSA) is 67.9 Å². The molecule has 1 aromatic heterocycles. The highest BCUT2D eigenvalue weighted by Crippen LogP contribution is 2.25. The van der Waals surface area contributed by atoms with Crippen LogP contribution in [0.4, 0.5) is 11.9 Å². The van der Waals surface area contributed by atoms with E-state index in [1.54, 1.807) is 0 Å². The molecular formula is C12H21N5. The van der Waals surface area contributed by atoms with Gasteiger partial charge in [-0.1, -0.05) is 19.8 Å². The monoisotopic (exact) mass is 235 g/mol. The lowest BCUT2D eigenvalue weighted by Crippen LogP contribution is -2.31. The van der Waals surface area contributed by atoms with Gasteiger partial charge in [-0.3, -0.25) is 0 Å². The second-order valence-corrected chi connectivity index (χ2v) is 4.71. The first kappa shape index (κ1) is 12.1. The van der Waals surface area contributed by atoms with Crippen LogP contribution in [-0.2, 0) is 6.42 Å². The summed E-state index contributed by atoms with van der Waals surface area (Å²) in [5.74, 6) is 1.87. The van der Waals surface area contributed by atoms with E-state index in [9.17, 15) is 0 Å². The summed E-state index contributed by atoms with van der Waals surface area (Å²) in [4.78, 5) is 15.1. The van der Waals surface area contributed by atoms with E-state index in [1.807, 2.05) is 0 Å². The molecule has 0 aliphatic heterocycles. The van der Waals surface area contributed by atoms with E-state index in [0.29, 0.717) is 12.0 Å². The number of aryl methyl sites for hydroxylation is 1. The van der Waals surface area contributed by atoms with Crippen molar-refractivity contribution in [3.05, 3.63) is 5.82 Å². The minimum absolute atomic E-state index is 0.336. The number of hydrogen-bond acceptors (Lipinski definition) is 5. The van der Waals surface area contributed by atoms with Gasteiger partial charge in [-0.15, -0.1) is 0 Å². The first-order valence-electron chi connectivity index (χ1n) is 6.44. The molecule has 5 heteroatoms. The SMILES string of the molecule is CCCc1nc(N)nc(N(C)C2CCCC2)n1. The normalized spacial score (nSPS) is 16.4. The van der Waals surface area contributed by atoms with Gasteiger partial charge in [0.25, 0.3) is 0 Å². The summed E-state index contributed by atoms with van der Waals surface area (Å²) in [6, 6.07) is 0.561. The molecule has 2 N–H and O–H groups in total. The first-order chi connectivity index (χ1) is 8.20. The predicted molar refractivity (Wildman–Crippen MR) is 68.9 cm³/mol. The molecule has 17 heavy (non-hydrogen) atoms. The maximum Gasteiger partial charge on any atom is 0.230 e. The summed E-state index contributed by atoms with van der Waals surface area (Å²) in [6.45, 7) is 2.11. The van der Waals surface area contributed by atoms with E-state index in [2.05, 4.69) is 33.8 Å². The smallest absolute Gasteiger partial charge is 0.230 e. The van der Waals surface area contributed by atoms with Crippen LogP contribution in [0.25, 0.3) is 0 Å². The number of hydrogen-bond donors (Lipinski definition) is 1. The van der Waals surface area contributed by atoms with E-state index >= 15 is 0 Å². The van der Waals surface area contributed by atoms with Gasteiger partial charge in [0.1, 0.15) is 5.82 Å². The maximum atomic E-state index is 5.74. The van der Waals surface area contributed by atoms with Gasteiger partial charge in [0.15, 0.2) is 0 Å². The highest BCUT2D eigenvalue weighted by atomic mass is 15.3. The Balaban J connectivity index is 2.18. The van der Waals surface area contributed by atoms with Crippen molar-refractivity contribution in [3.8, 4) is 0 Å². The number of nitrogens with zero attached hydrogens (tertiary/aromatic N) is 4. The molecule has 0 aromatic carbocycles. The lowest BCUT2D eigenvalue weighted by atomic mass is 10.2. The van der Waals surface area contributed by atoms with Gasteiger partial charge in [-0.25, -0.2) is 0 Å². The number of nitrogens with two attached hydrogens (primary N) is 1. The number of nitrogen functional groups attached to an aromatic ring is 1. The maximum absolute atomic E-state index is 5.74. The molecule has 0 bridgehead atoms. The van der Waals surface area contributed by atoms with E-state index in [1.165, 1.54) is 25.7 Å². The zero-order valence-electron chi connectivity index (χ0n) is 10.7. The zero-order chi connectivity index (χ0) is 12.3. The number of anilines is 2. The van der Waals surface area contributed by atoms with E-state index < -0.39 is 0 Å². The standard InChI is InChI=1S/C12H21N5/c1-3-6-10-14-11(13)16-12(15-10)17(2)9-7-4-5-8-9/h9H,3-8H2,1-2H3,(H2,13,14,15,16). The van der Waals surface area contributed by atoms with Gasteiger partial charge in [0, 0.05) is 19.5 Å². The summed E-state index contributed by atoms with van der Waals surface area (Å²) < 4.78 is 0. The van der Waals surface area contributed by atoms with Crippen LogP contribution in [0.5, 0.6) is 0 Å². The highest BCUT2D eigenvalue weighted by molar-refractivity contribution is 5.35. The molecule has 1 aliphatic carbocycles. The third-order valence-corrected chi connectivity index (χ3v) is 3.35. The molecule has 1 saturated carbocycles. The number of rotatable bonds is 4. The molecule has 1 aliphatic rings. The van der Waals surface area contributed by atoms with Crippen LogP contribution in [0.3, 0.4) is 0 Å². The summed E-state index contributed by atoms with van der Waals surface area (Å²) in [6.07, 6.45) is 6.94. The Hall–Kier alpha value is -1.39. The number of aromatic nitrogens is 3. The van der Waals surface area contributed by atoms with Crippen molar-refractivity contribution in [1.29, 1.82) is 0 Å². The molecule has 0 unspecified atom stereocenters. The van der Waals surface area contributed by atoms with E-state index in [0.717, 1.165) is 24.6 Å². The van der Waals surface area contributed by atoms with Crippen LogP contribution in [0, 0.1) is 0 Å². The van der Waals surface area contributed by atoms with Crippen LogP contribution < -0.4 is 10.6 Å². The second kappa shape index (κ2) is 5.29. The van der Waals surface area contributed by atoms with Crippen molar-refractivity contribution in [2.24, 2.45) is 0 Å². The van der Waals surface area contributed by atoms with Gasteiger partial charge < -0.3 is 10.6 Å². The molecule has 0 spiro atoms. The van der Waals surface area contributed by atoms with Crippen molar-refractivity contribution in [1.82, 2.24) is 15.0 Å². The quantitative estimate of drug-likeness (QED) is 0.861. The Kier molecular flexibility index (Phi) is 3.76. The second-order valence-electron chi connectivity index (χ2n) is 4.71. The van der Waals surface area contributed by atoms with Crippen molar-refractivity contribution in [3.63, 3.8) is 0 Å². The third-order valence-electron chi connectivity index (χ3n) is 3.35. The van der Waals surface area contributed by atoms with Crippen LogP contribution in [0.15, 0.2) is 0 Å². The average Bonchev–Trinajstić information content (AvgIpc) is 2.81. The van der Waals surface area contributed by atoms with Crippen molar-refractivity contribution >= 4 is 11.9 Å². The van der Waals surface area contributed by atoms with Crippen molar-refractivity contribution < 1.29 is 0 Å². The molecule has 5 nitrogen and oxygen atoms in total. The van der Waals surface area contributed by atoms with Gasteiger partial charge in [0.05, 0.1) is 0 Å². The predicted octanol–water partition coefficient (Wildman–Crippen LogP) is 1.79. The summed E-state index contributed by atoms with van der Waals surface area (Å²) in [5, 5.41) is 0. The molecule has 2 rings (SSSR count). The molecule has 1 fully saturated rings. The minimum atomic E-state index is 0.336. The lowest BCUT2D eigenvalue weighted by molar-refractivity contribution is 0.633. The lowest BCUT2D eigenvalue weighted by Gasteiger charge is -2.24. The molecule has 94 valence electrons. The van der Waals surface area contributed by atoms with Crippen LogP contribution in [0.1, 0.15) is 44.9 Å². The average molecular weight is 235 g/mol. The Morgan fingerprint density at radius 1 is 1.24 bits per heavy atom. The van der Waals surface area contributed by atoms with Crippen molar-refractivity contribution in [2.75, 3.05) is 17.7 Å². The molecule has 1 heterocycles. The van der Waals surface area contributed by atoms with E-state index in [-0.39, 0.29) is 0 Å². The fourth-order valence-electron chi connectivity index (χ4n) is 2.37. The Morgan fingerprint density at radius 2 is 1.94 bits per heavy atom.